The van der Waals surface area contributed by atoms with Crippen LogP contribution in [-0.4, -0.2) is 50.6 Å². The molecule has 7 heteroatoms. The predicted octanol–water partition coefficient (Wildman–Crippen LogP) is 1.96. The smallest absolute Gasteiger partial charge is 0.224 e. The molecule has 144 valence electrons. The van der Waals surface area contributed by atoms with Crippen LogP contribution in [0.4, 0.5) is 5.69 Å². The number of hydrogen-bond acceptors (Lipinski definition) is 4. The molecule has 26 heavy (non-hydrogen) atoms. The van der Waals surface area contributed by atoms with E-state index in [0.29, 0.717) is 19.6 Å². The Morgan fingerprint density at radius 1 is 1.12 bits per heavy atom. The van der Waals surface area contributed by atoms with Gasteiger partial charge < -0.3 is 10.2 Å². The second-order valence-corrected chi connectivity index (χ2v) is 9.43. The van der Waals surface area contributed by atoms with Gasteiger partial charge in [0.05, 0.1) is 11.7 Å². The van der Waals surface area contributed by atoms with E-state index in [9.17, 15) is 13.2 Å². The van der Waals surface area contributed by atoms with Crippen molar-refractivity contribution in [3.8, 4) is 0 Å². The number of amides is 1. The van der Waals surface area contributed by atoms with Crippen molar-refractivity contribution >= 4 is 21.6 Å². The van der Waals surface area contributed by atoms with Crippen LogP contribution in [0.25, 0.3) is 0 Å². The van der Waals surface area contributed by atoms with Crippen LogP contribution in [0, 0.1) is 5.92 Å². The normalized spacial score (nSPS) is 21.7. The molecule has 0 saturated carbocycles. The zero-order valence-electron chi connectivity index (χ0n) is 15.5. The lowest BCUT2D eigenvalue weighted by atomic mass is 9.99. The first-order chi connectivity index (χ1) is 12.5. The zero-order valence-corrected chi connectivity index (χ0v) is 16.3. The number of carbonyl (C=O) groups is 1. The molecule has 0 aliphatic carbocycles. The second kappa shape index (κ2) is 8.39. The lowest BCUT2D eigenvalue weighted by Gasteiger charge is -2.30. The van der Waals surface area contributed by atoms with E-state index in [1.165, 1.54) is 22.8 Å². The average Bonchev–Trinajstić information content (AvgIpc) is 3.21. The number of nitrogens with zero attached hydrogens (tertiary/aromatic N) is 2. The maximum atomic E-state index is 12.5. The number of rotatable bonds is 6. The van der Waals surface area contributed by atoms with E-state index >= 15 is 0 Å². The maximum absolute atomic E-state index is 12.5. The van der Waals surface area contributed by atoms with Gasteiger partial charge in [-0.1, -0.05) is 12.1 Å². The topological polar surface area (TPSA) is 69.7 Å². The third-order valence-corrected chi connectivity index (χ3v) is 7.24. The second-order valence-electron chi connectivity index (χ2n) is 7.18. The van der Waals surface area contributed by atoms with E-state index in [1.807, 2.05) is 0 Å². The van der Waals surface area contributed by atoms with Crippen LogP contribution >= 0.6 is 0 Å². The van der Waals surface area contributed by atoms with Gasteiger partial charge in [0.2, 0.25) is 15.9 Å². The van der Waals surface area contributed by atoms with Gasteiger partial charge >= 0.3 is 0 Å². The molecule has 0 radical (unpaired) electrons. The Hall–Kier alpha value is -1.60. The van der Waals surface area contributed by atoms with Crippen molar-refractivity contribution in [1.29, 1.82) is 0 Å². The van der Waals surface area contributed by atoms with Crippen molar-refractivity contribution in [2.45, 2.75) is 39.2 Å². The Bertz CT molecular complexity index is 712. The van der Waals surface area contributed by atoms with Gasteiger partial charge in [0, 0.05) is 38.4 Å². The van der Waals surface area contributed by atoms with Crippen molar-refractivity contribution in [3.63, 3.8) is 0 Å². The van der Waals surface area contributed by atoms with Gasteiger partial charge in [-0.3, -0.25) is 4.79 Å². The molecule has 3 rings (SSSR count). The largest absolute Gasteiger partial charge is 0.372 e. The molecule has 2 fully saturated rings. The molecule has 6 nitrogen and oxygen atoms in total. The monoisotopic (exact) mass is 379 g/mol. The Morgan fingerprint density at radius 2 is 1.81 bits per heavy atom. The molecule has 1 aromatic rings. The molecule has 0 bridgehead atoms. The molecule has 2 heterocycles. The summed E-state index contributed by atoms with van der Waals surface area (Å²) in [6.07, 6.45) is 3.99. The van der Waals surface area contributed by atoms with E-state index in [1.54, 1.807) is 6.92 Å². The number of anilines is 1. The summed E-state index contributed by atoms with van der Waals surface area (Å²) in [5, 5.41) is 2.97. The fraction of sp³-hybridized carbons (Fsp3) is 0.632. The number of sulfonamides is 1. The van der Waals surface area contributed by atoms with Gasteiger partial charge in [0.15, 0.2) is 0 Å². The third kappa shape index (κ3) is 4.57. The van der Waals surface area contributed by atoms with Crippen molar-refractivity contribution in [2.75, 3.05) is 36.8 Å². The molecule has 0 spiro atoms. The van der Waals surface area contributed by atoms with Crippen molar-refractivity contribution in [1.82, 2.24) is 9.62 Å². The average molecular weight is 380 g/mol. The molecule has 1 amide bonds. The van der Waals surface area contributed by atoms with Crippen molar-refractivity contribution in [3.05, 3.63) is 29.8 Å². The molecule has 1 N–H and O–H groups in total. The van der Waals surface area contributed by atoms with Crippen LogP contribution in [0.2, 0.25) is 0 Å². The summed E-state index contributed by atoms with van der Waals surface area (Å²) < 4.78 is 25.5. The van der Waals surface area contributed by atoms with E-state index in [0.717, 1.165) is 31.5 Å². The first-order valence-corrected chi connectivity index (χ1v) is 11.2. The maximum Gasteiger partial charge on any atom is 0.224 e. The van der Waals surface area contributed by atoms with Crippen LogP contribution in [-0.2, 0) is 21.4 Å². The number of nitrogens with one attached hydrogen (secondary N) is 1. The van der Waals surface area contributed by atoms with Gasteiger partial charge in [0.1, 0.15) is 0 Å². The number of hydrogen-bond donors (Lipinski definition) is 1. The molecule has 0 aromatic heterocycles. The quantitative estimate of drug-likeness (QED) is 0.820. The number of piperidine rings is 1. The standard InChI is InChI=1S/C19H29N3O3S/c1-2-26(24,25)22-13-5-6-17(15-22)19(23)20-14-16-7-9-18(10-8-16)21-11-3-4-12-21/h7-10,17H,2-6,11-15H2,1H3,(H,20,23). The van der Waals surface area contributed by atoms with Crippen LogP contribution in [0.1, 0.15) is 38.2 Å². The Morgan fingerprint density at radius 3 is 2.46 bits per heavy atom. The first-order valence-electron chi connectivity index (χ1n) is 9.59. The first kappa shape index (κ1) is 19.2. The molecule has 1 atom stereocenters. The van der Waals surface area contributed by atoms with Crippen LogP contribution in [0.15, 0.2) is 24.3 Å². The summed E-state index contributed by atoms with van der Waals surface area (Å²) in [6, 6.07) is 8.34. The van der Waals surface area contributed by atoms with E-state index < -0.39 is 10.0 Å². The number of carbonyl (C=O) groups excluding carboxylic acids is 1. The zero-order chi connectivity index (χ0) is 18.6. The van der Waals surface area contributed by atoms with E-state index in [4.69, 9.17) is 0 Å². The highest BCUT2D eigenvalue weighted by atomic mass is 32.2. The van der Waals surface area contributed by atoms with Crippen LogP contribution < -0.4 is 10.2 Å². The predicted molar refractivity (Wildman–Crippen MR) is 103 cm³/mol. The van der Waals surface area contributed by atoms with Gasteiger partial charge in [-0.15, -0.1) is 0 Å². The molecule has 1 aromatic carbocycles. The molecule has 2 saturated heterocycles. The van der Waals surface area contributed by atoms with Crippen LogP contribution in [0.5, 0.6) is 0 Å². The fourth-order valence-corrected chi connectivity index (χ4v) is 4.90. The lowest BCUT2D eigenvalue weighted by Crippen LogP contribution is -2.45. The third-order valence-electron chi connectivity index (χ3n) is 5.39. The fourth-order valence-electron chi connectivity index (χ4n) is 3.73. The van der Waals surface area contributed by atoms with Gasteiger partial charge in [0.25, 0.3) is 0 Å². The summed E-state index contributed by atoms with van der Waals surface area (Å²) in [5.41, 5.74) is 2.31. The minimum absolute atomic E-state index is 0.0513. The van der Waals surface area contributed by atoms with Gasteiger partial charge in [-0.25, -0.2) is 12.7 Å². The van der Waals surface area contributed by atoms with Gasteiger partial charge in [-0.2, -0.15) is 0 Å². The minimum Gasteiger partial charge on any atom is -0.372 e. The molecular formula is C19H29N3O3S. The highest BCUT2D eigenvalue weighted by Crippen LogP contribution is 2.21. The summed E-state index contributed by atoms with van der Waals surface area (Å²) in [7, 11) is -3.22. The highest BCUT2D eigenvalue weighted by molar-refractivity contribution is 7.89. The molecule has 2 aliphatic rings. The summed E-state index contributed by atoms with van der Waals surface area (Å²) in [6.45, 7) is 5.19. The van der Waals surface area contributed by atoms with Crippen molar-refractivity contribution < 1.29 is 13.2 Å². The van der Waals surface area contributed by atoms with Gasteiger partial charge in [-0.05, 0) is 50.3 Å². The summed E-state index contributed by atoms with van der Waals surface area (Å²) in [5.74, 6) is -0.219. The van der Waals surface area contributed by atoms with Crippen LogP contribution in [0.3, 0.4) is 0 Å². The summed E-state index contributed by atoms with van der Waals surface area (Å²) in [4.78, 5) is 14.8. The Labute approximate surface area is 156 Å². The SMILES string of the molecule is CCS(=O)(=O)N1CCCC(C(=O)NCc2ccc(N3CCCC3)cc2)C1. The summed E-state index contributed by atoms with van der Waals surface area (Å²) >= 11 is 0. The Kier molecular flexibility index (Phi) is 6.19. The Balaban J connectivity index is 1.51. The molecule has 2 aliphatic heterocycles. The minimum atomic E-state index is -3.22. The van der Waals surface area contributed by atoms with Crippen molar-refractivity contribution in [2.24, 2.45) is 5.92 Å². The number of benzene rings is 1. The molecule has 1 unspecified atom stereocenters. The van der Waals surface area contributed by atoms with E-state index in [2.05, 4.69) is 34.5 Å². The molecular weight excluding hydrogens is 350 g/mol. The lowest BCUT2D eigenvalue weighted by molar-refractivity contribution is -0.126. The highest BCUT2D eigenvalue weighted by Gasteiger charge is 2.31. The van der Waals surface area contributed by atoms with E-state index in [-0.39, 0.29) is 17.6 Å².